The smallest absolute Gasteiger partial charge is 0.330 e. The van der Waals surface area contributed by atoms with Gasteiger partial charge in [-0.2, -0.15) is 0 Å². The molecule has 82 valence electrons. The van der Waals surface area contributed by atoms with Crippen LogP contribution in [0.15, 0.2) is 35.8 Å². The molecule has 0 radical (unpaired) electrons. The Morgan fingerprint density at radius 1 is 1.60 bits per heavy atom. The van der Waals surface area contributed by atoms with Crippen LogP contribution in [-0.2, 0) is 14.3 Å². The van der Waals surface area contributed by atoms with Gasteiger partial charge in [-0.05, 0) is 6.08 Å². The van der Waals surface area contributed by atoms with E-state index in [1.54, 1.807) is 18.2 Å². The third kappa shape index (κ3) is 3.16. The number of esters is 1. The van der Waals surface area contributed by atoms with Crippen LogP contribution in [0.5, 0.6) is 0 Å². The molecule has 0 aromatic carbocycles. The second-order valence-corrected chi connectivity index (χ2v) is 3.12. The van der Waals surface area contributed by atoms with Crippen LogP contribution in [-0.4, -0.2) is 25.3 Å². The maximum atomic E-state index is 10.8. The second kappa shape index (κ2) is 5.24. The Morgan fingerprint density at radius 3 is 2.93 bits per heavy atom. The van der Waals surface area contributed by atoms with Crippen molar-refractivity contribution >= 4 is 5.97 Å². The summed E-state index contributed by atoms with van der Waals surface area (Å²) in [5, 5.41) is 9.36. The van der Waals surface area contributed by atoms with Gasteiger partial charge in [0, 0.05) is 18.4 Å². The van der Waals surface area contributed by atoms with Gasteiger partial charge in [-0.3, -0.25) is 0 Å². The average molecular weight is 210 g/mol. The monoisotopic (exact) mass is 210 g/mol. The van der Waals surface area contributed by atoms with Crippen molar-refractivity contribution in [2.24, 2.45) is 5.92 Å². The molecule has 0 unspecified atom stereocenters. The molecule has 0 amide bonds. The minimum absolute atomic E-state index is 0.0509. The fourth-order valence-corrected chi connectivity index (χ4v) is 1.28. The highest BCUT2D eigenvalue weighted by Gasteiger charge is 2.14. The first-order valence-corrected chi connectivity index (χ1v) is 4.57. The molecule has 0 aromatic rings. The van der Waals surface area contributed by atoms with Crippen LogP contribution in [0.25, 0.3) is 0 Å². The van der Waals surface area contributed by atoms with E-state index in [1.165, 1.54) is 20.3 Å². The van der Waals surface area contributed by atoms with Gasteiger partial charge >= 0.3 is 5.97 Å². The summed E-state index contributed by atoms with van der Waals surface area (Å²) in [4.78, 5) is 10.8. The van der Waals surface area contributed by atoms with Gasteiger partial charge in [-0.1, -0.05) is 12.2 Å². The first kappa shape index (κ1) is 11.4. The van der Waals surface area contributed by atoms with Gasteiger partial charge in [-0.25, -0.2) is 4.79 Å². The van der Waals surface area contributed by atoms with E-state index in [0.29, 0.717) is 12.2 Å². The molecular weight excluding hydrogens is 196 g/mol. The zero-order valence-corrected chi connectivity index (χ0v) is 8.77. The van der Waals surface area contributed by atoms with Gasteiger partial charge in [0.05, 0.1) is 14.2 Å². The predicted octanol–water partition coefficient (Wildman–Crippen LogP) is 1.71. The lowest BCUT2D eigenvalue weighted by Gasteiger charge is -2.15. The third-order valence-electron chi connectivity index (χ3n) is 2.14. The number of carbonyl (C=O) groups is 1. The van der Waals surface area contributed by atoms with Crippen molar-refractivity contribution in [3.63, 3.8) is 0 Å². The van der Waals surface area contributed by atoms with E-state index >= 15 is 0 Å². The van der Waals surface area contributed by atoms with Gasteiger partial charge in [0.25, 0.3) is 0 Å². The van der Waals surface area contributed by atoms with E-state index < -0.39 is 0 Å². The number of aliphatic hydroxyl groups is 1. The zero-order valence-electron chi connectivity index (χ0n) is 8.77. The SMILES string of the molecule is COC(=O)/C=C/[C@@H]1C=CC(O)=C(OC)C1. The van der Waals surface area contributed by atoms with Crippen molar-refractivity contribution in [1.82, 2.24) is 0 Å². The van der Waals surface area contributed by atoms with Crippen LogP contribution in [0.1, 0.15) is 6.42 Å². The van der Waals surface area contributed by atoms with Crippen molar-refractivity contribution in [3.8, 4) is 0 Å². The zero-order chi connectivity index (χ0) is 11.3. The van der Waals surface area contributed by atoms with Crippen LogP contribution < -0.4 is 0 Å². The third-order valence-corrected chi connectivity index (χ3v) is 2.14. The predicted molar refractivity (Wildman–Crippen MR) is 55.1 cm³/mol. The summed E-state index contributed by atoms with van der Waals surface area (Å²) in [7, 11) is 2.83. The van der Waals surface area contributed by atoms with Crippen molar-refractivity contribution in [1.29, 1.82) is 0 Å². The highest BCUT2D eigenvalue weighted by Crippen LogP contribution is 2.23. The summed E-state index contributed by atoms with van der Waals surface area (Å²) in [5.74, 6) is 0.327. The van der Waals surface area contributed by atoms with Crippen LogP contribution in [0.2, 0.25) is 0 Å². The van der Waals surface area contributed by atoms with Crippen LogP contribution in [0.4, 0.5) is 0 Å². The van der Waals surface area contributed by atoms with Crippen molar-refractivity contribution in [2.45, 2.75) is 6.42 Å². The number of ether oxygens (including phenoxy) is 2. The van der Waals surface area contributed by atoms with E-state index in [0.717, 1.165) is 0 Å². The topological polar surface area (TPSA) is 55.8 Å². The molecule has 1 N–H and O–H groups in total. The van der Waals surface area contributed by atoms with Crippen LogP contribution in [0, 0.1) is 5.92 Å². The molecule has 0 bridgehead atoms. The number of carbonyl (C=O) groups excluding carboxylic acids is 1. The van der Waals surface area contributed by atoms with Crippen LogP contribution >= 0.6 is 0 Å². The van der Waals surface area contributed by atoms with E-state index in [4.69, 9.17) is 4.74 Å². The van der Waals surface area contributed by atoms with Crippen molar-refractivity contribution in [3.05, 3.63) is 35.8 Å². The number of rotatable bonds is 3. The molecule has 0 spiro atoms. The Hall–Kier alpha value is -1.71. The molecule has 0 saturated heterocycles. The van der Waals surface area contributed by atoms with E-state index in [1.807, 2.05) is 0 Å². The van der Waals surface area contributed by atoms with E-state index in [-0.39, 0.29) is 17.6 Å². The number of hydrogen-bond donors (Lipinski definition) is 1. The molecule has 1 aliphatic carbocycles. The first-order chi connectivity index (χ1) is 7.17. The normalized spacial score (nSPS) is 20.8. The number of hydrogen-bond acceptors (Lipinski definition) is 4. The molecular formula is C11H14O4. The molecule has 0 heterocycles. The molecule has 4 nitrogen and oxygen atoms in total. The van der Waals surface area contributed by atoms with Gasteiger partial charge in [0.1, 0.15) is 5.76 Å². The van der Waals surface area contributed by atoms with Gasteiger partial charge < -0.3 is 14.6 Å². The molecule has 15 heavy (non-hydrogen) atoms. The summed E-state index contributed by atoms with van der Waals surface area (Å²) >= 11 is 0. The van der Waals surface area contributed by atoms with E-state index in [2.05, 4.69) is 4.74 Å². The minimum Gasteiger partial charge on any atom is -0.504 e. The summed E-state index contributed by atoms with van der Waals surface area (Å²) in [6.07, 6.45) is 7.00. The number of aliphatic hydroxyl groups excluding tert-OH is 1. The molecule has 0 aromatic heterocycles. The molecule has 1 atom stereocenters. The Kier molecular flexibility index (Phi) is 3.97. The molecule has 1 rings (SSSR count). The standard InChI is InChI=1S/C11H14O4/c1-14-10-7-8(3-5-9(10)12)4-6-11(13)15-2/h3-6,8,12H,7H2,1-2H3/b6-4+/t8-/m0/s1. The van der Waals surface area contributed by atoms with Crippen molar-refractivity contribution < 1.29 is 19.4 Å². The Bertz CT molecular complexity index is 325. The lowest BCUT2D eigenvalue weighted by Crippen LogP contribution is -2.05. The lowest BCUT2D eigenvalue weighted by atomic mass is 9.98. The average Bonchev–Trinajstić information content (AvgIpc) is 2.27. The van der Waals surface area contributed by atoms with Crippen molar-refractivity contribution in [2.75, 3.05) is 14.2 Å². The fraction of sp³-hybridized carbons (Fsp3) is 0.364. The fourth-order valence-electron chi connectivity index (χ4n) is 1.28. The van der Waals surface area contributed by atoms with Gasteiger partial charge in [0.2, 0.25) is 0 Å². The molecule has 1 aliphatic rings. The Morgan fingerprint density at radius 2 is 2.33 bits per heavy atom. The summed E-state index contributed by atoms with van der Waals surface area (Å²) < 4.78 is 9.47. The maximum Gasteiger partial charge on any atom is 0.330 e. The minimum atomic E-state index is -0.388. The highest BCUT2D eigenvalue weighted by atomic mass is 16.5. The summed E-state index contributed by atoms with van der Waals surface area (Å²) in [6, 6.07) is 0. The second-order valence-electron chi connectivity index (χ2n) is 3.12. The highest BCUT2D eigenvalue weighted by molar-refractivity contribution is 5.81. The largest absolute Gasteiger partial charge is 0.504 e. The maximum absolute atomic E-state index is 10.8. The number of methoxy groups -OCH3 is 2. The Labute approximate surface area is 88.5 Å². The summed E-state index contributed by atoms with van der Waals surface area (Å²) in [5.41, 5.74) is 0. The Balaban J connectivity index is 2.60. The quantitative estimate of drug-likeness (QED) is 0.569. The van der Waals surface area contributed by atoms with E-state index in [9.17, 15) is 9.90 Å². The number of allylic oxidation sites excluding steroid dienone is 4. The molecule has 0 saturated carbocycles. The first-order valence-electron chi connectivity index (χ1n) is 4.57. The lowest BCUT2D eigenvalue weighted by molar-refractivity contribution is -0.134. The van der Waals surface area contributed by atoms with Crippen LogP contribution in [0.3, 0.4) is 0 Å². The molecule has 4 heteroatoms. The van der Waals surface area contributed by atoms with Gasteiger partial charge in [-0.15, -0.1) is 0 Å². The summed E-state index contributed by atoms with van der Waals surface area (Å²) in [6.45, 7) is 0. The molecule has 0 fully saturated rings. The van der Waals surface area contributed by atoms with Gasteiger partial charge in [0.15, 0.2) is 5.76 Å². The molecule has 0 aliphatic heterocycles.